The molecular formula is C26H27N3O2. The molecule has 0 unspecified atom stereocenters. The lowest BCUT2D eigenvalue weighted by atomic mass is 10.1. The number of rotatable bonds is 4. The van der Waals surface area contributed by atoms with E-state index in [2.05, 4.69) is 10.2 Å². The third-order valence-corrected chi connectivity index (χ3v) is 5.85. The van der Waals surface area contributed by atoms with Crippen LogP contribution in [0.1, 0.15) is 31.8 Å². The molecule has 31 heavy (non-hydrogen) atoms. The average Bonchev–Trinajstić information content (AvgIpc) is 2.81. The van der Waals surface area contributed by atoms with Gasteiger partial charge in [-0.1, -0.05) is 36.4 Å². The van der Waals surface area contributed by atoms with E-state index in [4.69, 9.17) is 0 Å². The summed E-state index contributed by atoms with van der Waals surface area (Å²) in [7, 11) is 0. The van der Waals surface area contributed by atoms with Crippen LogP contribution in [0.4, 0.5) is 11.4 Å². The zero-order valence-corrected chi connectivity index (χ0v) is 18.0. The Morgan fingerprint density at radius 3 is 2.13 bits per heavy atom. The quantitative estimate of drug-likeness (QED) is 0.684. The first-order valence-electron chi connectivity index (χ1n) is 10.6. The van der Waals surface area contributed by atoms with Gasteiger partial charge in [0, 0.05) is 37.3 Å². The predicted molar refractivity (Wildman–Crippen MR) is 125 cm³/mol. The van der Waals surface area contributed by atoms with Crippen LogP contribution in [-0.4, -0.2) is 42.9 Å². The second-order valence-corrected chi connectivity index (χ2v) is 7.92. The third kappa shape index (κ3) is 4.61. The number of nitrogens with zero attached hydrogens (tertiary/aromatic N) is 2. The van der Waals surface area contributed by atoms with E-state index in [1.54, 1.807) is 0 Å². The van der Waals surface area contributed by atoms with Crippen molar-refractivity contribution in [2.45, 2.75) is 13.8 Å². The molecule has 0 radical (unpaired) electrons. The summed E-state index contributed by atoms with van der Waals surface area (Å²) in [6.07, 6.45) is 0. The molecule has 0 aliphatic carbocycles. The SMILES string of the molecule is Cc1ccc(C(=O)Nc2ccccc2N2CCN(C(=O)c3ccccc3)CC2)cc1C. The average molecular weight is 414 g/mol. The van der Waals surface area contributed by atoms with E-state index < -0.39 is 0 Å². The van der Waals surface area contributed by atoms with Crippen LogP contribution in [0.5, 0.6) is 0 Å². The van der Waals surface area contributed by atoms with Gasteiger partial charge in [0.25, 0.3) is 11.8 Å². The molecule has 5 heteroatoms. The van der Waals surface area contributed by atoms with E-state index in [1.165, 1.54) is 5.56 Å². The molecule has 0 aromatic heterocycles. The summed E-state index contributed by atoms with van der Waals surface area (Å²) in [6, 6.07) is 23.0. The van der Waals surface area contributed by atoms with Crippen LogP contribution in [0.2, 0.25) is 0 Å². The highest BCUT2D eigenvalue weighted by molar-refractivity contribution is 6.06. The fourth-order valence-corrected chi connectivity index (χ4v) is 3.85. The number of aryl methyl sites for hydroxylation is 2. The van der Waals surface area contributed by atoms with Crippen molar-refractivity contribution in [3.63, 3.8) is 0 Å². The molecule has 158 valence electrons. The number of hydrogen-bond acceptors (Lipinski definition) is 3. The van der Waals surface area contributed by atoms with Gasteiger partial charge in [0.1, 0.15) is 0 Å². The Labute approximate surface area is 183 Å². The molecule has 2 amide bonds. The fraction of sp³-hybridized carbons (Fsp3) is 0.231. The number of hydrogen-bond donors (Lipinski definition) is 1. The van der Waals surface area contributed by atoms with Gasteiger partial charge in [-0.3, -0.25) is 9.59 Å². The minimum Gasteiger partial charge on any atom is -0.366 e. The second-order valence-electron chi connectivity index (χ2n) is 7.92. The third-order valence-electron chi connectivity index (χ3n) is 5.85. The van der Waals surface area contributed by atoms with Gasteiger partial charge in [-0.2, -0.15) is 0 Å². The van der Waals surface area contributed by atoms with Crippen molar-refractivity contribution < 1.29 is 9.59 Å². The van der Waals surface area contributed by atoms with Gasteiger partial charge in [-0.25, -0.2) is 0 Å². The second kappa shape index (κ2) is 9.04. The van der Waals surface area contributed by atoms with Crippen LogP contribution >= 0.6 is 0 Å². The highest BCUT2D eigenvalue weighted by Gasteiger charge is 2.23. The van der Waals surface area contributed by atoms with Gasteiger partial charge in [-0.05, 0) is 61.4 Å². The first kappa shape index (κ1) is 20.7. The number of nitrogens with one attached hydrogen (secondary N) is 1. The first-order valence-corrected chi connectivity index (χ1v) is 10.6. The molecule has 3 aromatic carbocycles. The summed E-state index contributed by atoms with van der Waals surface area (Å²) in [4.78, 5) is 29.7. The van der Waals surface area contributed by atoms with E-state index in [1.807, 2.05) is 91.5 Å². The minimum absolute atomic E-state index is 0.0663. The topological polar surface area (TPSA) is 52.7 Å². The van der Waals surface area contributed by atoms with Crippen LogP contribution in [-0.2, 0) is 0 Å². The molecule has 0 bridgehead atoms. The van der Waals surface area contributed by atoms with Crippen LogP contribution in [0.25, 0.3) is 0 Å². The van der Waals surface area contributed by atoms with Crippen molar-refractivity contribution >= 4 is 23.2 Å². The van der Waals surface area contributed by atoms with Gasteiger partial charge < -0.3 is 15.1 Å². The zero-order valence-electron chi connectivity index (χ0n) is 18.0. The number of para-hydroxylation sites is 2. The number of piperazine rings is 1. The molecule has 1 fully saturated rings. The van der Waals surface area contributed by atoms with Crippen LogP contribution in [0.3, 0.4) is 0 Å². The van der Waals surface area contributed by atoms with Crippen molar-refractivity contribution in [2.24, 2.45) is 0 Å². The smallest absolute Gasteiger partial charge is 0.255 e. The Bertz CT molecular complexity index is 1090. The van der Waals surface area contributed by atoms with Crippen molar-refractivity contribution in [3.05, 3.63) is 95.1 Å². The summed E-state index contributed by atoms with van der Waals surface area (Å²) >= 11 is 0. The van der Waals surface area contributed by atoms with Gasteiger partial charge in [0.2, 0.25) is 0 Å². The Morgan fingerprint density at radius 1 is 0.742 bits per heavy atom. The van der Waals surface area contributed by atoms with Crippen LogP contribution < -0.4 is 10.2 Å². The number of amides is 2. The molecule has 0 atom stereocenters. The zero-order chi connectivity index (χ0) is 21.8. The predicted octanol–water partition coefficient (Wildman–Crippen LogP) is 4.52. The maximum absolute atomic E-state index is 12.8. The summed E-state index contributed by atoms with van der Waals surface area (Å²) in [5, 5.41) is 3.07. The molecule has 3 aromatic rings. The van der Waals surface area contributed by atoms with E-state index in [0.29, 0.717) is 18.7 Å². The van der Waals surface area contributed by atoms with E-state index in [-0.39, 0.29) is 11.8 Å². The van der Waals surface area contributed by atoms with Gasteiger partial charge in [0.15, 0.2) is 0 Å². The van der Waals surface area contributed by atoms with Crippen LogP contribution in [0, 0.1) is 13.8 Å². The monoisotopic (exact) mass is 413 g/mol. The molecular weight excluding hydrogens is 386 g/mol. The van der Waals surface area contributed by atoms with Gasteiger partial charge >= 0.3 is 0 Å². The molecule has 4 rings (SSSR count). The largest absolute Gasteiger partial charge is 0.366 e. The summed E-state index contributed by atoms with van der Waals surface area (Å²) in [6.45, 7) is 6.77. The number of carbonyl (C=O) groups is 2. The highest BCUT2D eigenvalue weighted by atomic mass is 16.2. The summed E-state index contributed by atoms with van der Waals surface area (Å²) < 4.78 is 0. The molecule has 1 N–H and O–H groups in total. The lowest BCUT2D eigenvalue weighted by Gasteiger charge is -2.37. The molecule has 1 aliphatic heterocycles. The molecule has 0 saturated carbocycles. The lowest BCUT2D eigenvalue weighted by molar-refractivity contribution is 0.0746. The Hall–Kier alpha value is -3.60. The maximum Gasteiger partial charge on any atom is 0.255 e. The Balaban J connectivity index is 1.45. The Kier molecular flexibility index (Phi) is 6.03. The molecule has 5 nitrogen and oxygen atoms in total. The maximum atomic E-state index is 12.8. The van der Waals surface area contributed by atoms with Crippen molar-refractivity contribution in [1.29, 1.82) is 0 Å². The summed E-state index contributed by atoms with van der Waals surface area (Å²) in [5.41, 5.74) is 5.40. The lowest BCUT2D eigenvalue weighted by Crippen LogP contribution is -2.49. The Morgan fingerprint density at radius 2 is 1.42 bits per heavy atom. The summed E-state index contributed by atoms with van der Waals surface area (Å²) in [5.74, 6) is -0.0509. The highest BCUT2D eigenvalue weighted by Crippen LogP contribution is 2.27. The van der Waals surface area contributed by atoms with E-state index in [9.17, 15) is 9.59 Å². The number of benzene rings is 3. The van der Waals surface area contributed by atoms with E-state index in [0.717, 1.165) is 35.6 Å². The minimum atomic E-state index is -0.117. The van der Waals surface area contributed by atoms with Crippen LogP contribution in [0.15, 0.2) is 72.8 Å². The van der Waals surface area contributed by atoms with Crippen molar-refractivity contribution in [3.8, 4) is 0 Å². The molecule has 1 saturated heterocycles. The van der Waals surface area contributed by atoms with Crippen molar-refractivity contribution in [1.82, 2.24) is 4.90 Å². The standard InChI is InChI=1S/C26H27N3O2/c1-19-12-13-22(18-20(19)2)25(30)27-23-10-6-7-11-24(23)28-14-16-29(17-15-28)26(31)21-8-4-3-5-9-21/h3-13,18H,14-17H2,1-2H3,(H,27,30). The number of anilines is 2. The molecule has 1 heterocycles. The normalized spacial score (nSPS) is 13.7. The van der Waals surface area contributed by atoms with Gasteiger partial charge in [0.05, 0.1) is 11.4 Å². The fourth-order valence-electron chi connectivity index (χ4n) is 3.85. The molecule has 1 aliphatic rings. The molecule has 0 spiro atoms. The van der Waals surface area contributed by atoms with Gasteiger partial charge in [-0.15, -0.1) is 0 Å². The first-order chi connectivity index (χ1) is 15.0. The number of carbonyl (C=O) groups excluding carboxylic acids is 2. The van der Waals surface area contributed by atoms with E-state index >= 15 is 0 Å². The van der Waals surface area contributed by atoms with Crippen molar-refractivity contribution in [2.75, 3.05) is 36.4 Å².